The summed E-state index contributed by atoms with van der Waals surface area (Å²) in [6.45, 7) is 0.447. The van der Waals surface area contributed by atoms with Gasteiger partial charge in [0, 0.05) is 47.3 Å². The van der Waals surface area contributed by atoms with Gasteiger partial charge in [-0.15, -0.1) is 0 Å². The van der Waals surface area contributed by atoms with Gasteiger partial charge in [0.05, 0.1) is 24.5 Å². The average Bonchev–Trinajstić information content (AvgIpc) is 3.82. The van der Waals surface area contributed by atoms with E-state index in [1.54, 1.807) is 30.6 Å². The van der Waals surface area contributed by atoms with Crippen LogP contribution in [0.4, 0.5) is 17.5 Å². The summed E-state index contributed by atoms with van der Waals surface area (Å²) in [7, 11) is 0. The first-order valence-corrected chi connectivity index (χ1v) is 12.8. The van der Waals surface area contributed by atoms with Crippen LogP contribution in [0.5, 0.6) is 0 Å². The van der Waals surface area contributed by atoms with Crippen molar-refractivity contribution in [2.75, 3.05) is 22.5 Å². The van der Waals surface area contributed by atoms with Gasteiger partial charge in [-0.25, -0.2) is 9.97 Å². The number of pyridine rings is 2. The van der Waals surface area contributed by atoms with Gasteiger partial charge in [-0.05, 0) is 55.0 Å². The molecule has 0 aromatic carbocycles. The minimum Gasteiger partial charge on any atom is -0.373 e. The highest BCUT2D eigenvalue weighted by atomic mass is 35.5. The summed E-state index contributed by atoms with van der Waals surface area (Å²) < 4.78 is 1.97. The Morgan fingerprint density at radius 2 is 1.92 bits per heavy atom. The van der Waals surface area contributed by atoms with Crippen molar-refractivity contribution in [2.24, 2.45) is 11.7 Å². The number of rotatable bonds is 10. The smallest absolute Gasteiger partial charge is 0.236 e. The lowest BCUT2D eigenvalue weighted by atomic mass is 10.2. The van der Waals surface area contributed by atoms with Crippen LogP contribution in [0.1, 0.15) is 48.0 Å². The Labute approximate surface area is 223 Å². The van der Waals surface area contributed by atoms with Crippen molar-refractivity contribution in [1.29, 1.82) is 0 Å². The van der Waals surface area contributed by atoms with E-state index >= 15 is 0 Å². The molecule has 2 amide bonds. The van der Waals surface area contributed by atoms with Crippen LogP contribution in [0.2, 0.25) is 5.02 Å². The zero-order valence-corrected chi connectivity index (χ0v) is 21.2. The van der Waals surface area contributed by atoms with Crippen LogP contribution in [-0.2, 0) is 16.1 Å². The number of anilines is 3. The van der Waals surface area contributed by atoms with Crippen LogP contribution >= 0.6 is 11.6 Å². The van der Waals surface area contributed by atoms with Gasteiger partial charge >= 0.3 is 0 Å². The Morgan fingerprint density at radius 3 is 2.71 bits per heavy atom. The highest BCUT2D eigenvalue weighted by Gasteiger charge is 2.45. The number of carbonyl (C=O) groups excluding carboxylic acids is 2. The highest BCUT2D eigenvalue weighted by molar-refractivity contribution is 6.30. The fourth-order valence-electron chi connectivity index (χ4n) is 4.55. The van der Waals surface area contributed by atoms with Crippen LogP contribution in [0.15, 0.2) is 49.1 Å². The Bertz CT molecular complexity index is 1530. The molecule has 5 N–H and O–H groups in total. The molecule has 4 aromatic rings. The molecule has 0 aliphatic heterocycles. The number of carbonyl (C=O) groups is 2. The molecule has 2 fully saturated rings. The number of hydrogen-bond donors (Lipinski definition) is 4. The molecule has 6 rings (SSSR count). The van der Waals surface area contributed by atoms with Gasteiger partial charge in [0.1, 0.15) is 5.82 Å². The van der Waals surface area contributed by atoms with E-state index < -0.39 is 5.91 Å². The van der Waals surface area contributed by atoms with Crippen molar-refractivity contribution in [3.63, 3.8) is 0 Å². The monoisotopic (exact) mass is 531 g/mol. The largest absolute Gasteiger partial charge is 0.373 e. The normalized spacial score (nSPS) is 18.2. The third-order valence-corrected chi connectivity index (χ3v) is 6.95. The SMILES string of the molecule is NC(=O)CNc1cc(C2CC2)cn2cc(CNc3ccnc(NC(=O)C4C[C@@H]4c4cc(Cl)ccn4)n3)nc12. The first-order chi connectivity index (χ1) is 18.4. The zero-order valence-electron chi connectivity index (χ0n) is 20.4. The fourth-order valence-corrected chi connectivity index (χ4v) is 4.71. The van der Waals surface area contributed by atoms with Crippen molar-refractivity contribution >= 4 is 46.5 Å². The summed E-state index contributed by atoms with van der Waals surface area (Å²) >= 11 is 6.05. The van der Waals surface area contributed by atoms with E-state index in [1.807, 2.05) is 16.7 Å². The van der Waals surface area contributed by atoms with Crippen molar-refractivity contribution in [1.82, 2.24) is 24.3 Å². The lowest BCUT2D eigenvalue weighted by Gasteiger charge is -2.08. The number of aromatic nitrogens is 5. The molecule has 12 heteroatoms. The van der Waals surface area contributed by atoms with Gasteiger partial charge in [0.15, 0.2) is 5.65 Å². The first-order valence-electron chi connectivity index (χ1n) is 12.5. The molecule has 1 unspecified atom stereocenters. The lowest BCUT2D eigenvalue weighted by Crippen LogP contribution is -2.22. The standard InChI is InChI=1S/C26H26ClN9O2/c27-16-3-5-29-20(8-16)18-9-19(18)25(38)35-26-30-6-4-23(34-26)32-10-17-13-36-12-15(14-1-2-14)7-21(24(36)33-17)31-11-22(28)37/h3-8,12-14,18-19,31H,1-2,9-11H2,(H2,28,37)(H2,30,32,34,35,38)/t18-,19?/m0/s1. The number of fused-ring (bicyclic) bond motifs is 1. The number of imidazole rings is 1. The van der Waals surface area contributed by atoms with E-state index in [0.717, 1.165) is 35.6 Å². The summed E-state index contributed by atoms with van der Waals surface area (Å²) in [4.78, 5) is 41.7. The van der Waals surface area contributed by atoms with Crippen LogP contribution in [-0.4, -0.2) is 42.7 Å². The van der Waals surface area contributed by atoms with Gasteiger partial charge in [-0.1, -0.05) is 11.6 Å². The molecule has 4 heterocycles. The number of amides is 2. The zero-order chi connectivity index (χ0) is 26.2. The van der Waals surface area contributed by atoms with Crippen LogP contribution in [0.3, 0.4) is 0 Å². The molecule has 38 heavy (non-hydrogen) atoms. The van der Waals surface area contributed by atoms with Crippen LogP contribution in [0.25, 0.3) is 5.65 Å². The number of nitrogens with one attached hydrogen (secondary N) is 3. The maximum absolute atomic E-state index is 12.7. The van der Waals surface area contributed by atoms with Crippen molar-refractivity contribution in [3.8, 4) is 0 Å². The second-order valence-electron chi connectivity index (χ2n) is 9.70. The van der Waals surface area contributed by atoms with E-state index in [-0.39, 0.29) is 30.2 Å². The molecule has 2 aliphatic rings. The third kappa shape index (κ3) is 5.37. The number of hydrogen-bond acceptors (Lipinski definition) is 8. The van der Waals surface area contributed by atoms with E-state index in [0.29, 0.717) is 29.7 Å². The maximum atomic E-state index is 12.7. The van der Waals surface area contributed by atoms with E-state index in [9.17, 15) is 9.59 Å². The average molecular weight is 532 g/mol. The molecule has 194 valence electrons. The maximum Gasteiger partial charge on any atom is 0.236 e. The predicted molar refractivity (Wildman–Crippen MR) is 143 cm³/mol. The molecule has 0 saturated heterocycles. The molecule has 4 aromatic heterocycles. The number of primary amides is 1. The van der Waals surface area contributed by atoms with E-state index in [1.165, 1.54) is 5.56 Å². The van der Waals surface area contributed by atoms with E-state index in [4.69, 9.17) is 22.3 Å². The molecule has 11 nitrogen and oxygen atoms in total. The number of halogens is 1. The molecule has 0 radical (unpaired) electrons. The topological polar surface area (TPSA) is 152 Å². The lowest BCUT2D eigenvalue weighted by molar-refractivity contribution is -0.117. The fraction of sp³-hybridized carbons (Fsp3) is 0.308. The third-order valence-electron chi connectivity index (χ3n) is 6.72. The minimum atomic E-state index is -0.432. The van der Waals surface area contributed by atoms with Gasteiger partial charge in [-0.2, -0.15) is 4.98 Å². The summed E-state index contributed by atoms with van der Waals surface area (Å²) in [5.74, 6) is 0.619. The van der Waals surface area contributed by atoms with Gasteiger partial charge in [0.25, 0.3) is 0 Å². The van der Waals surface area contributed by atoms with Gasteiger partial charge in [0.2, 0.25) is 17.8 Å². The number of nitrogens with two attached hydrogens (primary N) is 1. The van der Waals surface area contributed by atoms with Crippen LogP contribution < -0.4 is 21.7 Å². The predicted octanol–water partition coefficient (Wildman–Crippen LogP) is 3.30. The second kappa shape index (κ2) is 9.90. The highest BCUT2D eigenvalue weighted by Crippen LogP contribution is 2.47. The van der Waals surface area contributed by atoms with Crippen molar-refractivity contribution < 1.29 is 9.59 Å². The molecule has 0 spiro atoms. The van der Waals surface area contributed by atoms with Gasteiger partial charge < -0.3 is 20.8 Å². The summed E-state index contributed by atoms with van der Waals surface area (Å²) in [5, 5.41) is 9.76. The first kappa shape index (κ1) is 24.1. The molecule has 0 bridgehead atoms. The Balaban J connectivity index is 1.11. The summed E-state index contributed by atoms with van der Waals surface area (Å²) in [6.07, 6.45) is 10.3. The quantitative estimate of drug-likeness (QED) is 0.243. The molecule has 2 atom stereocenters. The van der Waals surface area contributed by atoms with Crippen LogP contribution in [0, 0.1) is 5.92 Å². The van der Waals surface area contributed by atoms with Crippen molar-refractivity contribution in [3.05, 3.63) is 71.0 Å². The Morgan fingerprint density at radius 1 is 1.08 bits per heavy atom. The Kier molecular flexibility index (Phi) is 6.28. The second-order valence-corrected chi connectivity index (χ2v) is 10.1. The summed E-state index contributed by atoms with van der Waals surface area (Å²) in [5.41, 5.74) is 9.64. The molecule has 2 saturated carbocycles. The van der Waals surface area contributed by atoms with Crippen molar-refractivity contribution in [2.45, 2.75) is 37.6 Å². The number of nitrogens with zero attached hydrogens (tertiary/aromatic N) is 5. The molecular weight excluding hydrogens is 506 g/mol. The van der Waals surface area contributed by atoms with Gasteiger partial charge in [-0.3, -0.25) is 19.9 Å². The van der Waals surface area contributed by atoms with E-state index in [2.05, 4.69) is 37.1 Å². The Hall–Kier alpha value is -4.25. The summed E-state index contributed by atoms with van der Waals surface area (Å²) in [6, 6.07) is 7.29. The minimum absolute atomic E-state index is 0.0386. The molecular formula is C26H26ClN9O2. The molecule has 2 aliphatic carbocycles.